The van der Waals surface area contributed by atoms with Gasteiger partial charge in [-0.2, -0.15) is 0 Å². The predicted molar refractivity (Wildman–Crippen MR) is 112 cm³/mol. The van der Waals surface area contributed by atoms with E-state index in [0.717, 1.165) is 21.1 Å². The van der Waals surface area contributed by atoms with Crippen LogP contribution in [0.15, 0.2) is 36.4 Å². The van der Waals surface area contributed by atoms with Gasteiger partial charge in [-0.25, -0.2) is 14.2 Å². The summed E-state index contributed by atoms with van der Waals surface area (Å²) in [5.74, 6) is 1.14. The molecule has 0 aliphatic carbocycles. The average Bonchev–Trinajstić information content (AvgIpc) is 3.20. The topological polar surface area (TPSA) is 66.9 Å². The largest absolute Gasteiger partial charge is 0.495 e. The van der Waals surface area contributed by atoms with Crippen molar-refractivity contribution in [2.24, 2.45) is 0 Å². The molecule has 0 unspecified atom stereocenters. The van der Waals surface area contributed by atoms with E-state index in [4.69, 9.17) is 14.5 Å². The van der Waals surface area contributed by atoms with Crippen LogP contribution in [0, 0.1) is 5.82 Å². The van der Waals surface area contributed by atoms with Crippen LogP contribution in [0.5, 0.6) is 11.5 Å². The molecular weight excluding hydrogens is 395 g/mol. The molecule has 0 bridgehead atoms. The fraction of sp³-hybridized carbons (Fsp3) is 0.300. The van der Waals surface area contributed by atoms with Gasteiger partial charge in [-0.15, -0.1) is 0 Å². The standard InChI is InChI=1S/C20H21FN4O3S/c1-27-15-7-8-16(28-2)18-17(15)23-20(29-18)25-11-9-24(10-12-25)19(26)22-14-5-3-13(21)4-6-14/h3-8H,9-12H2,1-2H3,(H,22,26). The third-order valence-electron chi connectivity index (χ3n) is 4.83. The van der Waals surface area contributed by atoms with Crippen LogP contribution in [0.4, 0.5) is 20.0 Å². The van der Waals surface area contributed by atoms with Gasteiger partial charge in [0.15, 0.2) is 5.13 Å². The Morgan fingerprint density at radius 2 is 1.69 bits per heavy atom. The van der Waals surface area contributed by atoms with E-state index in [1.165, 1.54) is 12.1 Å². The number of halogens is 1. The van der Waals surface area contributed by atoms with Crippen molar-refractivity contribution in [3.8, 4) is 11.5 Å². The summed E-state index contributed by atoms with van der Waals surface area (Å²) in [5, 5.41) is 3.68. The van der Waals surface area contributed by atoms with E-state index in [2.05, 4.69) is 10.2 Å². The number of nitrogens with zero attached hydrogens (tertiary/aromatic N) is 3. The highest BCUT2D eigenvalue weighted by atomic mass is 32.1. The minimum absolute atomic E-state index is 0.191. The van der Waals surface area contributed by atoms with Crippen molar-refractivity contribution in [2.75, 3.05) is 50.6 Å². The summed E-state index contributed by atoms with van der Waals surface area (Å²) >= 11 is 1.55. The number of ether oxygens (including phenoxy) is 2. The third kappa shape index (κ3) is 3.91. The van der Waals surface area contributed by atoms with Gasteiger partial charge in [0, 0.05) is 31.9 Å². The van der Waals surface area contributed by atoms with Crippen molar-refractivity contribution in [1.82, 2.24) is 9.88 Å². The van der Waals surface area contributed by atoms with E-state index in [1.54, 1.807) is 42.6 Å². The first-order chi connectivity index (χ1) is 14.1. The summed E-state index contributed by atoms with van der Waals surface area (Å²) in [6.45, 7) is 2.47. The van der Waals surface area contributed by atoms with Crippen molar-refractivity contribution < 1.29 is 18.7 Å². The summed E-state index contributed by atoms with van der Waals surface area (Å²) in [5.41, 5.74) is 1.35. The number of amides is 2. The highest BCUT2D eigenvalue weighted by Gasteiger charge is 2.24. The van der Waals surface area contributed by atoms with Gasteiger partial charge in [-0.3, -0.25) is 0 Å². The molecule has 7 nitrogen and oxygen atoms in total. The summed E-state index contributed by atoms with van der Waals surface area (Å²) in [6, 6.07) is 9.27. The van der Waals surface area contributed by atoms with E-state index < -0.39 is 0 Å². The van der Waals surface area contributed by atoms with E-state index in [9.17, 15) is 9.18 Å². The lowest BCUT2D eigenvalue weighted by Crippen LogP contribution is -2.50. The van der Waals surface area contributed by atoms with Crippen LogP contribution in [0.3, 0.4) is 0 Å². The third-order valence-corrected chi connectivity index (χ3v) is 5.96. The first-order valence-electron chi connectivity index (χ1n) is 9.17. The van der Waals surface area contributed by atoms with Gasteiger partial charge in [0.25, 0.3) is 0 Å². The second kappa shape index (κ2) is 8.12. The van der Waals surface area contributed by atoms with Crippen molar-refractivity contribution >= 4 is 38.4 Å². The fourth-order valence-electron chi connectivity index (χ4n) is 3.25. The van der Waals surface area contributed by atoms with Gasteiger partial charge in [-0.1, -0.05) is 11.3 Å². The first kappa shape index (κ1) is 19.3. The Morgan fingerprint density at radius 3 is 2.34 bits per heavy atom. The molecule has 1 saturated heterocycles. The number of benzene rings is 2. The van der Waals surface area contributed by atoms with Gasteiger partial charge in [-0.05, 0) is 36.4 Å². The summed E-state index contributed by atoms with van der Waals surface area (Å²) in [4.78, 5) is 21.1. The number of aromatic nitrogens is 1. The number of fused-ring (bicyclic) bond motifs is 1. The van der Waals surface area contributed by atoms with Crippen LogP contribution >= 0.6 is 11.3 Å². The predicted octanol–water partition coefficient (Wildman–Crippen LogP) is 3.81. The number of nitrogens with one attached hydrogen (secondary N) is 1. The lowest BCUT2D eigenvalue weighted by molar-refractivity contribution is 0.208. The molecular formula is C20H21FN4O3S. The molecule has 9 heteroatoms. The number of carbonyl (C=O) groups is 1. The second-order valence-corrected chi connectivity index (χ2v) is 7.53. The van der Waals surface area contributed by atoms with Gasteiger partial charge in [0.05, 0.1) is 14.2 Å². The molecule has 2 amide bonds. The Balaban J connectivity index is 1.44. The number of hydrogen-bond acceptors (Lipinski definition) is 6. The first-order valence-corrected chi connectivity index (χ1v) is 9.98. The number of hydrogen-bond donors (Lipinski definition) is 1. The normalized spacial score (nSPS) is 14.2. The highest BCUT2D eigenvalue weighted by Crippen LogP contribution is 2.40. The zero-order valence-corrected chi connectivity index (χ0v) is 17.0. The number of rotatable bonds is 4. The smallest absolute Gasteiger partial charge is 0.321 e. The lowest BCUT2D eigenvalue weighted by atomic mass is 10.3. The summed E-state index contributed by atoms with van der Waals surface area (Å²) in [6.07, 6.45) is 0. The molecule has 4 rings (SSSR count). The number of piperazine rings is 1. The van der Waals surface area contributed by atoms with Crippen LogP contribution in [0.25, 0.3) is 10.2 Å². The van der Waals surface area contributed by atoms with Gasteiger partial charge in [0.1, 0.15) is 27.5 Å². The van der Waals surface area contributed by atoms with Gasteiger partial charge < -0.3 is 24.6 Å². The molecule has 3 aromatic rings. The summed E-state index contributed by atoms with van der Waals surface area (Å²) < 4.78 is 24.8. The van der Waals surface area contributed by atoms with Crippen LogP contribution in [0.1, 0.15) is 0 Å². The van der Waals surface area contributed by atoms with Crippen LogP contribution in [0.2, 0.25) is 0 Å². The number of urea groups is 1. The molecule has 0 atom stereocenters. The molecule has 0 spiro atoms. The van der Waals surface area contributed by atoms with E-state index in [1.807, 2.05) is 12.1 Å². The minimum atomic E-state index is -0.333. The minimum Gasteiger partial charge on any atom is -0.495 e. The average molecular weight is 416 g/mol. The van der Waals surface area contributed by atoms with Crippen molar-refractivity contribution in [3.63, 3.8) is 0 Å². The number of methoxy groups -OCH3 is 2. The molecule has 1 fully saturated rings. The molecule has 29 heavy (non-hydrogen) atoms. The molecule has 1 aromatic heterocycles. The van der Waals surface area contributed by atoms with Crippen LogP contribution in [-0.2, 0) is 0 Å². The van der Waals surface area contributed by atoms with Crippen LogP contribution < -0.4 is 19.7 Å². The van der Waals surface area contributed by atoms with Gasteiger partial charge in [0.2, 0.25) is 0 Å². The van der Waals surface area contributed by atoms with Crippen molar-refractivity contribution in [1.29, 1.82) is 0 Å². The quantitative estimate of drug-likeness (QED) is 0.701. The number of thiazole rings is 1. The number of anilines is 2. The molecule has 1 aliphatic heterocycles. The zero-order valence-electron chi connectivity index (χ0n) is 16.1. The molecule has 1 N–H and O–H groups in total. The lowest BCUT2D eigenvalue weighted by Gasteiger charge is -2.34. The molecule has 152 valence electrons. The Bertz CT molecular complexity index is 975. The maximum absolute atomic E-state index is 13.0. The van der Waals surface area contributed by atoms with E-state index in [0.29, 0.717) is 37.6 Å². The molecule has 0 saturated carbocycles. The van der Waals surface area contributed by atoms with E-state index in [-0.39, 0.29) is 11.8 Å². The highest BCUT2D eigenvalue weighted by molar-refractivity contribution is 7.22. The molecule has 2 heterocycles. The molecule has 1 aliphatic rings. The SMILES string of the molecule is COc1ccc(OC)c2sc(N3CCN(C(=O)Nc4ccc(F)cc4)CC3)nc12. The van der Waals surface area contributed by atoms with Crippen molar-refractivity contribution in [3.05, 3.63) is 42.2 Å². The number of carbonyl (C=O) groups excluding carboxylic acids is 1. The van der Waals surface area contributed by atoms with Gasteiger partial charge >= 0.3 is 6.03 Å². The maximum Gasteiger partial charge on any atom is 0.321 e. The Hall–Kier alpha value is -3.07. The Labute approximate surface area is 171 Å². The Kier molecular flexibility index (Phi) is 5.39. The molecule has 2 aromatic carbocycles. The van der Waals surface area contributed by atoms with Crippen LogP contribution in [-0.4, -0.2) is 56.3 Å². The maximum atomic E-state index is 13.0. The monoisotopic (exact) mass is 416 g/mol. The summed E-state index contributed by atoms with van der Waals surface area (Å²) in [7, 11) is 3.26. The van der Waals surface area contributed by atoms with E-state index >= 15 is 0 Å². The second-order valence-electron chi connectivity index (χ2n) is 6.56. The fourth-order valence-corrected chi connectivity index (χ4v) is 4.37. The molecule has 0 radical (unpaired) electrons. The zero-order chi connectivity index (χ0) is 20.4. The van der Waals surface area contributed by atoms with Crippen molar-refractivity contribution in [2.45, 2.75) is 0 Å². The Morgan fingerprint density at radius 1 is 1.03 bits per heavy atom.